The number of hydrogen-bond donors (Lipinski definition) is 2. The molecule has 0 radical (unpaired) electrons. The quantitative estimate of drug-likeness (QED) is 0.733. The van der Waals surface area contributed by atoms with Gasteiger partial charge in [0.05, 0.1) is 0 Å². The Hall–Kier alpha value is -2.06. The van der Waals surface area contributed by atoms with Crippen LogP contribution in [0.15, 0.2) is 54.7 Å². The normalized spacial score (nSPS) is 11.0. The molecule has 3 N–H and O–H groups in total. The molecule has 0 amide bonds. The first-order valence-corrected chi connectivity index (χ1v) is 6.69. The van der Waals surface area contributed by atoms with Crippen LogP contribution in [0, 0.1) is 0 Å². The Morgan fingerprint density at radius 1 is 0.947 bits per heavy atom. The average Bonchev–Trinajstić information content (AvgIpc) is 2.83. The Bertz CT molecular complexity index is 668. The molecule has 0 aliphatic carbocycles. The van der Waals surface area contributed by atoms with E-state index in [9.17, 15) is 0 Å². The van der Waals surface area contributed by atoms with Gasteiger partial charge in [-0.1, -0.05) is 42.5 Å². The molecule has 1 heterocycles. The lowest BCUT2D eigenvalue weighted by molar-refractivity contribution is 0.976. The largest absolute Gasteiger partial charge is 0.361 e. The first-order valence-electron chi connectivity index (χ1n) is 6.69. The minimum Gasteiger partial charge on any atom is -0.361 e. The van der Waals surface area contributed by atoms with Gasteiger partial charge in [-0.3, -0.25) is 0 Å². The maximum Gasteiger partial charge on any atom is 0.0459 e. The molecule has 0 unspecified atom stereocenters. The van der Waals surface area contributed by atoms with Crippen LogP contribution < -0.4 is 5.73 Å². The highest BCUT2D eigenvalue weighted by Gasteiger charge is 2.04. The van der Waals surface area contributed by atoms with E-state index in [0.717, 1.165) is 12.8 Å². The van der Waals surface area contributed by atoms with Crippen molar-refractivity contribution >= 4 is 10.9 Å². The van der Waals surface area contributed by atoms with Crippen molar-refractivity contribution in [1.82, 2.24) is 4.98 Å². The smallest absolute Gasteiger partial charge is 0.0459 e. The SMILES string of the molecule is NCCc1c[nH]c2cc(Cc3ccccc3)ccc12. The van der Waals surface area contributed by atoms with Gasteiger partial charge in [-0.25, -0.2) is 0 Å². The van der Waals surface area contributed by atoms with E-state index in [0.29, 0.717) is 6.54 Å². The molecule has 0 saturated heterocycles. The van der Waals surface area contributed by atoms with Crippen LogP contribution in [0.4, 0.5) is 0 Å². The van der Waals surface area contributed by atoms with E-state index >= 15 is 0 Å². The molecule has 0 aliphatic rings. The molecule has 2 heteroatoms. The van der Waals surface area contributed by atoms with Crippen molar-refractivity contribution in [2.24, 2.45) is 5.73 Å². The zero-order chi connectivity index (χ0) is 13.1. The minimum absolute atomic E-state index is 0.693. The highest BCUT2D eigenvalue weighted by molar-refractivity contribution is 5.83. The predicted molar refractivity (Wildman–Crippen MR) is 80.3 cm³/mol. The van der Waals surface area contributed by atoms with Crippen LogP contribution in [0.1, 0.15) is 16.7 Å². The van der Waals surface area contributed by atoms with Crippen molar-refractivity contribution in [3.05, 3.63) is 71.4 Å². The van der Waals surface area contributed by atoms with Gasteiger partial charge in [-0.2, -0.15) is 0 Å². The van der Waals surface area contributed by atoms with Gasteiger partial charge in [0.25, 0.3) is 0 Å². The highest BCUT2D eigenvalue weighted by atomic mass is 14.7. The third kappa shape index (κ3) is 2.54. The van der Waals surface area contributed by atoms with Gasteiger partial charge in [-0.05, 0) is 42.1 Å². The second-order valence-corrected chi connectivity index (χ2v) is 4.89. The van der Waals surface area contributed by atoms with Crippen molar-refractivity contribution in [3.8, 4) is 0 Å². The van der Waals surface area contributed by atoms with E-state index in [-0.39, 0.29) is 0 Å². The monoisotopic (exact) mass is 250 g/mol. The Kier molecular flexibility index (Phi) is 3.34. The summed E-state index contributed by atoms with van der Waals surface area (Å²) in [6.07, 6.45) is 3.98. The van der Waals surface area contributed by atoms with Crippen molar-refractivity contribution in [2.75, 3.05) is 6.54 Å². The summed E-state index contributed by atoms with van der Waals surface area (Å²) >= 11 is 0. The fourth-order valence-electron chi connectivity index (χ4n) is 2.54. The summed E-state index contributed by atoms with van der Waals surface area (Å²) in [6.45, 7) is 0.693. The standard InChI is InChI=1S/C17H18N2/c18-9-8-15-12-19-17-11-14(6-7-16(15)17)10-13-4-2-1-3-5-13/h1-7,11-12,19H,8-10,18H2. The number of benzene rings is 2. The molecule has 0 atom stereocenters. The molecule has 1 aromatic heterocycles. The molecular formula is C17H18N2. The van der Waals surface area contributed by atoms with Crippen LogP contribution in [0.25, 0.3) is 10.9 Å². The second-order valence-electron chi connectivity index (χ2n) is 4.89. The molecule has 96 valence electrons. The lowest BCUT2D eigenvalue weighted by atomic mass is 10.0. The molecule has 3 rings (SSSR count). The van der Waals surface area contributed by atoms with E-state index in [2.05, 4.69) is 59.7 Å². The summed E-state index contributed by atoms with van der Waals surface area (Å²) in [4.78, 5) is 3.34. The number of aromatic nitrogens is 1. The van der Waals surface area contributed by atoms with E-state index in [4.69, 9.17) is 5.73 Å². The maximum absolute atomic E-state index is 5.63. The highest BCUT2D eigenvalue weighted by Crippen LogP contribution is 2.21. The van der Waals surface area contributed by atoms with Gasteiger partial charge in [0.2, 0.25) is 0 Å². The zero-order valence-electron chi connectivity index (χ0n) is 10.9. The minimum atomic E-state index is 0.693. The molecule has 2 nitrogen and oxygen atoms in total. The number of hydrogen-bond acceptors (Lipinski definition) is 1. The molecule has 0 spiro atoms. The molecule has 3 aromatic rings. The number of H-pyrrole nitrogens is 1. The Morgan fingerprint density at radius 3 is 2.58 bits per heavy atom. The Morgan fingerprint density at radius 2 is 1.79 bits per heavy atom. The number of fused-ring (bicyclic) bond motifs is 1. The molecule has 19 heavy (non-hydrogen) atoms. The lowest BCUT2D eigenvalue weighted by Gasteiger charge is -2.03. The van der Waals surface area contributed by atoms with Gasteiger partial charge in [0.15, 0.2) is 0 Å². The fourth-order valence-corrected chi connectivity index (χ4v) is 2.54. The van der Waals surface area contributed by atoms with Gasteiger partial charge in [-0.15, -0.1) is 0 Å². The van der Waals surface area contributed by atoms with Crippen molar-refractivity contribution < 1.29 is 0 Å². The Labute approximate surface area is 113 Å². The van der Waals surface area contributed by atoms with E-state index in [1.807, 2.05) is 0 Å². The van der Waals surface area contributed by atoms with Crippen LogP contribution in [-0.2, 0) is 12.8 Å². The number of rotatable bonds is 4. The lowest BCUT2D eigenvalue weighted by Crippen LogP contribution is -2.01. The summed E-state index contributed by atoms with van der Waals surface area (Å²) in [7, 11) is 0. The third-order valence-electron chi connectivity index (χ3n) is 3.50. The van der Waals surface area contributed by atoms with Crippen molar-refractivity contribution in [3.63, 3.8) is 0 Å². The first-order chi connectivity index (χ1) is 9.36. The molecule has 0 bridgehead atoms. The predicted octanol–water partition coefficient (Wildman–Crippen LogP) is 3.26. The van der Waals surface area contributed by atoms with Crippen molar-refractivity contribution in [2.45, 2.75) is 12.8 Å². The van der Waals surface area contributed by atoms with Gasteiger partial charge in [0.1, 0.15) is 0 Å². The number of aromatic amines is 1. The molecule has 0 saturated carbocycles. The zero-order valence-corrected chi connectivity index (χ0v) is 10.9. The van der Waals surface area contributed by atoms with Gasteiger partial charge in [0, 0.05) is 17.1 Å². The van der Waals surface area contributed by atoms with Gasteiger partial charge < -0.3 is 10.7 Å². The maximum atomic E-state index is 5.63. The van der Waals surface area contributed by atoms with Crippen LogP contribution in [0.3, 0.4) is 0 Å². The molecule has 2 aromatic carbocycles. The Balaban J connectivity index is 1.90. The van der Waals surface area contributed by atoms with Crippen LogP contribution in [0.5, 0.6) is 0 Å². The molecule has 0 aliphatic heterocycles. The van der Waals surface area contributed by atoms with Crippen molar-refractivity contribution in [1.29, 1.82) is 0 Å². The summed E-state index contributed by atoms with van der Waals surface area (Å²) in [5, 5.41) is 1.29. The summed E-state index contributed by atoms with van der Waals surface area (Å²) in [6, 6.07) is 17.2. The van der Waals surface area contributed by atoms with Crippen LogP contribution in [0.2, 0.25) is 0 Å². The topological polar surface area (TPSA) is 41.8 Å². The molecular weight excluding hydrogens is 232 g/mol. The van der Waals surface area contributed by atoms with Gasteiger partial charge >= 0.3 is 0 Å². The average molecular weight is 250 g/mol. The number of nitrogens with two attached hydrogens (primary N) is 1. The molecule has 0 fully saturated rings. The summed E-state index contributed by atoms with van der Waals surface area (Å²) in [5.74, 6) is 0. The first kappa shape index (κ1) is 12.0. The van der Waals surface area contributed by atoms with Crippen LogP contribution >= 0.6 is 0 Å². The number of nitrogens with one attached hydrogen (secondary N) is 1. The van der Waals surface area contributed by atoms with E-state index in [1.54, 1.807) is 0 Å². The third-order valence-corrected chi connectivity index (χ3v) is 3.50. The van der Waals surface area contributed by atoms with Crippen LogP contribution in [-0.4, -0.2) is 11.5 Å². The second kappa shape index (κ2) is 5.29. The summed E-state index contributed by atoms with van der Waals surface area (Å²) in [5.41, 5.74) is 10.8. The fraction of sp³-hybridized carbons (Fsp3) is 0.176. The van der Waals surface area contributed by atoms with E-state index in [1.165, 1.54) is 27.6 Å². The summed E-state index contributed by atoms with van der Waals surface area (Å²) < 4.78 is 0. The van der Waals surface area contributed by atoms with E-state index < -0.39 is 0 Å².